The second-order valence-corrected chi connectivity index (χ2v) is 6.39. The number of hydrogen-bond donors (Lipinski definition) is 1. The van der Waals surface area contributed by atoms with Gasteiger partial charge in [0.2, 0.25) is 0 Å². The molecule has 0 amide bonds. The van der Waals surface area contributed by atoms with Crippen molar-refractivity contribution in [1.29, 1.82) is 0 Å². The summed E-state index contributed by atoms with van der Waals surface area (Å²) in [7, 11) is 0. The van der Waals surface area contributed by atoms with Gasteiger partial charge in [-0.3, -0.25) is 0 Å². The number of rotatable bonds is 7. The van der Waals surface area contributed by atoms with Gasteiger partial charge in [-0.1, -0.05) is 26.8 Å². The van der Waals surface area contributed by atoms with Crippen LogP contribution in [0, 0.1) is 11.7 Å². The van der Waals surface area contributed by atoms with E-state index in [4.69, 9.17) is 5.73 Å². The van der Waals surface area contributed by atoms with Crippen LogP contribution in [0.25, 0.3) is 0 Å². The molecule has 1 aliphatic rings. The minimum Gasteiger partial charge on any atom is -0.368 e. The summed E-state index contributed by atoms with van der Waals surface area (Å²) in [5.74, 6) is 0.465. The Labute approximate surface area is 122 Å². The molecule has 0 spiro atoms. The molecular weight excluding hydrogens is 251 g/mol. The van der Waals surface area contributed by atoms with Crippen LogP contribution >= 0.6 is 0 Å². The highest BCUT2D eigenvalue weighted by atomic mass is 19.1. The van der Waals surface area contributed by atoms with E-state index >= 15 is 0 Å². The van der Waals surface area contributed by atoms with Crippen molar-refractivity contribution in [2.24, 2.45) is 11.7 Å². The van der Waals surface area contributed by atoms with Crippen LogP contribution in [-0.2, 0) is 6.42 Å². The van der Waals surface area contributed by atoms with Crippen LogP contribution in [0.15, 0.2) is 18.2 Å². The van der Waals surface area contributed by atoms with Gasteiger partial charge in [0, 0.05) is 29.9 Å². The molecule has 2 rings (SSSR count). The molecule has 3 heteroatoms. The van der Waals surface area contributed by atoms with Crippen molar-refractivity contribution in [3.05, 3.63) is 29.6 Å². The lowest BCUT2D eigenvalue weighted by Crippen LogP contribution is -2.32. The Morgan fingerprint density at radius 3 is 2.60 bits per heavy atom. The molecule has 1 atom stereocenters. The van der Waals surface area contributed by atoms with E-state index in [1.54, 1.807) is 6.07 Å². The fourth-order valence-corrected chi connectivity index (χ4v) is 2.65. The maximum Gasteiger partial charge on any atom is 0.128 e. The van der Waals surface area contributed by atoms with Crippen LogP contribution in [0.5, 0.6) is 0 Å². The zero-order valence-corrected chi connectivity index (χ0v) is 12.9. The van der Waals surface area contributed by atoms with Gasteiger partial charge >= 0.3 is 0 Å². The molecule has 1 aromatic carbocycles. The van der Waals surface area contributed by atoms with Gasteiger partial charge in [0.05, 0.1) is 0 Å². The first-order chi connectivity index (χ1) is 9.52. The molecule has 0 aliphatic heterocycles. The molecule has 1 saturated carbocycles. The highest BCUT2D eigenvalue weighted by Gasteiger charge is 2.31. The molecule has 1 aliphatic carbocycles. The third-order valence-corrected chi connectivity index (χ3v) is 3.94. The fraction of sp³-hybridized carbons (Fsp3) is 0.647. The summed E-state index contributed by atoms with van der Waals surface area (Å²) in [5, 5.41) is 0. The minimum absolute atomic E-state index is 0.0331. The molecule has 1 fully saturated rings. The third kappa shape index (κ3) is 3.72. The lowest BCUT2D eigenvalue weighted by atomic mass is 10.0. The highest BCUT2D eigenvalue weighted by molar-refractivity contribution is 5.56. The molecule has 0 heterocycles. The number of nitrogens with two attached hydrogens (primary N) is 1. The Balaban J connectivity index is 2.30. The topological polar surface area (TPSA) is 29.3 Å². The van der Waals surface area contributed by atoms with Gasteiger partial charge in [-0.15, -0.1) is 0 Å². The van der Waals surface area contributed by atoms with Gasteiger partial charge < -0.3 is 10.6 Å². The first-order valence-corrected chi connectivity index (χ1v) is 7.82. The summed E-state index contributed by atoms with van der Waals surface area (Å²) in [6.45, 7) is 7.47. The molecule has 0 aromatic heterocycles. The number of benzene rings is 1. The first kappa shape index (κ1) is 15.3. The van der Waals surface area contributed by atoms with Crippen LogP contribution in [0.4, 0.5) is 10.1 Å². The largest absolute Gasteiger partial charge is 0.368 e. The van der Waals surface area contributed by atoms with Crippen LogP contribution in [-0.4, -0.2) is 18.6 Å². The predicted octanol–water partition coefficient (Wildman–Crippen LogP) is 3.73. The van der Waals surface area contributed by atoms with Crippen LogP contribution < -0.4 is 10.6 Å². The summed E-state index contributed by atoms with van der Waals surface area (Å²) in [4.78, 5) is 2.39. The van der Waals surface area contributed by atoms with E-state index in [-0.39, 0.29) is 11.9 Å². The van der Waals surface area contributed by atoms with E-state index in [1.165, 1.54) is 12.8 Å². The molecule has 112 valence electrons. The summed E-state index contributed by atoms with van der Waals surface area (Å²) in [6, 6.07) is 6.06. The molecule has 0 radical (unpaired) electrons. The normalized spacial score (nSPS) is 16.5. The van der Waals surface area contributed by atoms with Gasteiger partial charge in [0.25, 0.3) is 0 Å². The van der Waals surface area contributed by atoms with E-state index in [0.717, 1.165) is 24.2 Å². The number of halogens is 1. The Hall–Kier alpha value is -1.09. The van der Waals surface area contributed by atoms with Crippen molar-refractivity contribution < 1.29 is 4.39 Å². The SMILES string of the molecule is CCC(N)Cc1c(F)cccc1N(CC(C)C)C1CC1. The summed E-state index contributed by atoms with van der Waals surface area (Å²) < 4.78 is 14.2. The number of hydrogen-bond acceptors (Lipinski definition) is 2. The molecule has 20 heavy (non-hydrogen) atoms. The van der Waals surface area contributed by atoms with Gasteiger partial charge in [-0.05, 0) is 43.7 Å². The van der Waals surface area contributed by atoms with Gasteiger partial charge in [-0.25, -0.2) is 4.39 Å². The van der Waals surface area contributed by atoms with Crippen molar-refractivity contribution in [2.75, 3.05) is 11.4 Å². The third-order valence-electron chi connectivity index (χ3n) is 3.94. The molecule has 0 bridgehead atoms. The molecule has 1 aromatic rings. The standard InChI is InChI=1S/C17H27FN2/c1-4-13(19)10-15-16(18)6-5-7-17(15)20(11-12(2)3)14-8-9-14/h5-7,12-14H,4,8-11,19H2,1-3H3. The smallest absolute Gasteiger partial charge is 0.128 e. The molecule has 1 unspecified atom stereocenters. The minimum atomic E-state index is -0.110. The van der Waals surface area contributed by atoms with Crippen LogP contribution in [0.1, 0.15) is 45.6 Å². The predicted molar refractivity (Wildman–Crippen MR) is 83.6 cm³/mol. The summed E-state index contributed by atoms with van der Waals surface area (Å²) in [5.41, 5.74) is 7.91. The Morgan fingerprint density at radius 1 is 1.35 bits per heavy atom. The number of anilines is 1. The van der Waals surface area contributed by atoms with Crippen molar-refractivity contribution in [2.45, 2.75) is 58.5 Å². The van der Waals surface area contributed by atoms with Crippen molar-refractivity contribution >= 4 is 5.69 Å². The molecule has 0 saturated heterocycles. The maximum atomic E-state index is 14.2. The Morgan fingerprint density at radius 2 is 2.05 bits per heavy atom. The van der Waals surface area contributed by atoms with Crippen LogP contribution in [0.3, 0.4) is 0 Å². The van der Waals surface area contributed by atoms with E-state index in [2.05, 4.69) is 31.7 Å². The second-order valence-electron chi connectivity index (χ2n) is 6.39. The van der Waals surface area contributed by atoms with E-state index < -0.39 is 0 Å². The van der Waals surface area contributed by atoms with Crippen molar-refractivity contribution in [3.63, 3.8) is 0 Å². The van der Waals surface area contributed by atoms with Crippen LogP contribution in [0.2, 0.25) is 0 Å². The average molecular weight is 278 g/mol. The highest BCUT2D eigenvalue weighted by Crippen LogP contribution is 2.35. The van der Waals surface area contributed by atoms with Crippen molar-refractivity contribution in [3.8, 4) is 0 Å². The molecular formula is C17H27FN2. The average Bonchev–Trinajstić information content (AvgIpc) is 3.22. The van der Waals surface area contributed by atoms with E-state index in [9.17, 15) is 4.39 Å². The monoisotopic (exact) mass is 278 g/mol. The molecule has 2 nitrogen and oxygen atoms in total. The lowest BCUT2D eigenvalue weighted by Gasteiger charge is -2.29. The van der Waals surface area contributed by atoms with Gasteiger partial charge in [0.1, 0.15) is 5.82 Å². The van der Waals surface area contributed by atoms with E-state index in [0.29, 0.717) is 18.4 Å². The first-order valence-electron chi connectivity index (χ1n) is 7.82. The van der Waals surface area contributed by atoms with E-state index in [1.807, 2.05) is 6.07 Å². The maximum absolute atomic E-state index is 14.2. The Kier molecular flexibility index (Phi) is 5.03. The zero-order valence-electron chi connectivity index (χ0n) is 12.9. The lowest BCUT2D eigenvalue weighted by molar-refractivity contribution is 0.567. The van der Waals surface area contributed by atoms with Gasteiger partial charge in [0.15, 0.2) is 0 Å². The summed E-state index contributed by atoms with van der Waals surface area (Å²) in [6.07, 6.45) is 3.95. The van der Waals surface area contributed by atoms with Crippen molar-refractivity contribution in [1.82, 2.24) is 0 Å². The Bertz CT molecular complexity index is 441. The fourth-order valence-electron chi connectivity index (χ4n) is 2.65. The molecule has 2 N–H and O–H groups in total. The zero-order chi connectivity index (χ0) is 14.7. The number of nitrogens with zero attached hydrogens (tertiary/aromatic N) is 1. The van der Waals surface area contributed by atoms with Gasteiger partial charge in [-0.2, -0.15) is 0 Å². The second kappa shape index (κ2) is 6.57. The quantitative estimate of drug-likeness (QED) is 0.823. The summed E-state index contributed by atoms with van der Waals surface area (Å²) >= 11 is 0.